The lowest BCUT2D eigenvalue weighted by Crippen LogP contribution is -2.04. The normalized spacial score (nSPS) is 10.4. The van der Waals surface area contributed by atoms with Crippen molar-refractivity contribution in [2.75, 3.05) is 11.9 Å². The van der Waals surface area contributed by atoms with E-state index in [-0.39, 0.29) is 0 Å². The van der Waals surface area contributed by atoms with Crippen LogP contribution in [0.15, 0.2) is 42.9 Å². The average molecular weight is 341 g/mol. The van der Waals surface area contributed by atoms with Crippen molar-refractivity contribution in [1.29, 1.82) is 0 Å². The summed E-state index contributed by atoms with van der Waals surface area (Å²) in [6.07, 6.45) is 5.01. The Labute approximate surface area is 142 Å². The molecule has 0 atom stereocenters. The summed E-state index contributed by atoms with van der Waals surface area (Å²) in [4.78, 5) is 29.7. The highest BCUT2D eigenvalue weighted by Crippen LogP contribution is 2.30. The van der Waals surface area contributed by atoms with Gasteiger partial charge in [-0.15, -0.1) is 0 Å². The molecule has 122 valence electrons. The van der Waals surface area contributed by atoms with Gasteiger partial charge in [0.25, 0.3) is 0 Å². The number of rotatable bonds is 6. The predicted molar refractivity (Wildman–Crippen MR) is 90.7 cm³/mol. The van der Waals surface area contributed by atoms with Crippen molar-refractivity contribution < 1.29 is 9.53 Å². The van der Waals surface area contributed by atoms with Crippen LogP contribution in [0, 0.1) is 0 Å². The Morgan fingerprint density at radius 2 is 1.96 bits per heavy atom. The molecule has 7 nitrogen and oxygen atoms in total. The van der Waals surface area contributed by atoms with Gasteiger partial charge in [-0.1, -0.05) is 17.4 Å². The van der Waals surface area contributed by atoms with Gasteiger partial charge in [-0.3, -0.25) is 4.98 Å². The van der Waals surface area contributed by atoms with E-state index >= 15 is 0 Å². The van der Waals surface area contributed by atoms with Gasteiger partial charge in [-0.25, -0.2) is 19.7 Å². The summed E-state index contributed by atoms with van der Waals surface area (Å²) in [5.41, 5.74) is 1.14. The van der Waals surface area contributed by atoms with Crippen LogP contribution in [0.25, 0.3) is 11.4 Å². The molecule has 8 heteroatoms. The zero-order valence-corrected chi connectivity index (χ0v) is 13.8. The lowest BCUT2D eigenvalue weighted by atomic mass is 10.2. The van der Waals surface area contributed by atoms with Crippen molar-refractivity contribution in [3.63, 3.8) is 0 Å². The molecule has 0 bridgehead atoms. The fraction of sp³-hybridized carbons (Fsp3) is 0.188. The molecule has 0 saturated heterocycles. The Morgan fingerprint density at radius 3 is 2.67 bits per heavy atom. The van der Waals surface area contributed by atoms with Crippen LogP contribution in [-0.2, 0) is 11.3 Å². The Hall–Kier alpha value is -2.87. The lowest BCUT2D eigenvalue weighted by molar-refractivity contribution is 0.0532. The van der Waals surface area contributed by atoms with Crippen LogP contribution in [0.3, 0.4) is 0 Å². The van der Waals surface area contributed by atoms with E-state index in [9.17, 15) is 4.79 Å². The second-order valence-corrected chi connectivity index (χ2v) is 5.65. The fourth-order valence-electron chi connectivity index (χ4n) is 1.98. The van der Waals surface area contributed by atoms with Gasteiger partial charge in [0.2, 0.25) is 0 Å². The van der Waals surface area contributed by atoms with Crippen molar-refractivity contribution in [3.8, 4) is 11.4 Å². The van der Waals surface area contributed by atoms with Gasteiger partial charge in [-0.05, 0) is 25.1 Å². The second kappa shape index (κ2) is 7.60. The SMILES string of the molecule is CCOC(=O)c1sc(NCc2ncccn2)nc1-c1ccccn1. The number of esters is 1. The number of nitrogens with zero attached hydrogens (tertiary/aromatic N) is 4. The third-order valence-electron chi connectivity index (χ3n) is 3.01. The molecule has 0 amide bonds. The summed E-state index contributed by atoms with van der Waals surface area (Å²) in [7, 11) is 0. The molecule has 0 aliphatic carbocycles. The number of hydrogen-bond acceptors (Lipinski definition) is 8. The number of carbonyl (C=O) groups excluding carboxylic acids is 1. The predicted octanol–water partition coefficient (Wildman–Crippen LogP) is 2.78. The molecule has 0 spiro atoms. The van der Waals surface area contributed by atoms with E-state index in [0.717, 1.165) is 0 Å². The molecular formula is C16H15N5O2S. The molecule has 0 aliphatic heterocycles. The Balaban J connectivity index is 1.87. The topological polar surface area (TPSA) is 89.9 Å². The number of thiazole rings is 1. The molecular weight excluding hydrogens is 326 g/mol. The van der Waals surface area contributed by atoms with Crippen LogP contribution < -0.4 is 5.32 Å². The quantitative estimate of drug-likeness (QED) is 0.689. The summed E-state index contributed by atoms with van der Waals surface area (Å²) in [6, 6.07) is 7.22. The number of carbonyl (C=O) groups is 1. The third kappa shape index (κ3) is 3.72. The molecule has 0 radical (unpaired) electrons. The van der Waals surface area contributed by atoms with E-state index in [1.807, 2.05) is 18.2 Å². The zero-order valence-electron chi connectivity index (χ0n) is 13.0. The summed E-state index contributed by atoms with van der Waals surface area (Å²) >= 11 is 1.23. The number of aromatic nitrogens is 4. The fourth-order valence-corrected chi connectivity index (χ4v) is 2.85. The van der Waals surface area contributed by atoms with Crippen molar-refractivity contribution in [2.24, 2.45) is 0 Å². The number of ether oxygens (including phenoxy) is 1. The highest BCUT2D eigenvalue weighted by molar-refractivity contribution is 7.17. The number of anilines is 1. The van der Waals surface area contributed by atoms with Gasteiger partial charge in [0.1, 0.15) is 16.4 Å². The molecule has 0 aliphatic rings. The number of pyridine rings is 1. The smallest absolute Gasteiger partial charge is 0.350 e. The molecule has 0 fully saturated rings. The molecule has 3 aromatic rings. The minimum Gasteiger partial charge on any atom is -0.462 e. The van der Waals surface area contributed by atoms with Crippen molar-refractivity contribution in [1.82, 2.24) is 19.9 Å². The van der Waals surface area contributed by atoms with E-state index in [1.54, 1.807) is 31.6 Å². The Kier molecular flexibility index (Phi) is 5.07. The average Bonchev–Trinajstić information content (AvgIpc) is 3.06. The van der Waals surface area contributed by atoms with E-state index in [4.69, 9.17) is 4.74 Å². The van der Waals surface area contributed by atoms with E-state index in [1.165, 1.54) is 11.3 Å². The number of nitrogens with one attached hydrogen (secondary N) is 1. The molecule has 3 aromatic heterocycles. The largest absolute Gasteiger partial charge is 0.462 e. The summed E-state index contributed by atoms with van der Waals surface area (Å²) in [6.45, 7) is 2.49. The number of hydrogen-bond donors (Lipinski definition) is 1. The van der Waals surface area contributed by atoms with Crippen LogP contribution in [0.1, 0.15) is 22.4 Å². The van der Waals surface area contributed by atoms with Gasteiger partial charge in [0, 0.05) is 18.6 Å². The lowest BCUT2D eigenvalue weighted by Gasteiger charge is -2.01. The van der Waals surface area contributed by atoms with Crippen molar-refractivity contribution in [2.45, 2.75) is 13.5 Å². The summed E-state index contributed by atoms with van der Waals surface area (Å²) in [5, 5.41) is 3.72. The maximum absolute atomic E-state index is 12.2. The highest BCUT2D eigenvalue weighted by atomic mass is 32.1. The second-order valence-electron chi connectivity index (χ2n) is 4.65. The first-order valence-electron chi connectivity index (χ1n) is 7.37. The molecule has 0 saturated carbocycles. The molecule has 3 heterocycles. The first kappa shape index (κ1) is 16.0. The van der Waals surface area contributed by atoms with E-state index < -0.39 is 5.97 Å². The standard InChI is InChI=1S/C16H15N5O2S/c1-2-23-15(22)14-13(11-6-3-4-7-17-11)21-16(24-14)20-10-12-18-8-5-9-19-12/h3-9H,2,10H2,1H3,(H,20,21). The maximum atomic E-state index is 12.2. The van der Waals surface area contributed by atoms with Gasteiger partial charge < -0.3 is 10.1 Å². The van der Waals surface area contributed by atoms with E-state index in [2.05, 4.69) is 25.3 Å². The summed E-state index contributed by atoms with van der Waals surface area (Å²) < 4.78 is 5.12. The molecule has 1 N–H and O–H groups in total. The summed E-state index contributed by atoms with van der Waals surface area (Å²) in [5.74, 6) is 0.240. The van der Waals surface area contributed by atoms with Crippen LogP contribution in [0.4, 0.5) is 5.13 Å². The molecule has 24 heavy (non-hydrogen) atoms. The zero-order chi connectivity index (χ0) is 16.8. The van der Waals surface area contributed by atoms with Gasteiger partial charge in [0.05, 0.1) is 18.8 Å². The van der Waals surface area contributed by atoms with E-state index in [0.29, 0.717) is 40.4 Å². The van der Waals surface area contributed by atoms with Crippen LogP contribution in [0.2, 0.25) is 0 Å². The van der Waals surface area contributed by atoms with Crippen molar-refractivity contribution >= 4 is 22.4 Å². The Bertz CT molecular complexity index is 808. The molecule has 0 unspecified atom stereocenters. The van der Waals surface area contributed by atoms with Crippen LogP contribution >= 0.6 is 11.3 Å². The first-order chi connectivity index (χ1) is 11.8. The third-order valence-corrected chi connectivity index (χ3v) is 4.01. The molecule has 0 aromatic carbocycles. The van der Waals surface area contributed by atoms with Gasteiger partial charge in [0.15, 0.2) is 5.13 Å². The first-order valence-corrected chi connectivity index (χ1v) is 8.18. The monoisotopic (exact) mass is 341 g/mol. The molecule has 3 rings (SSSR count). The Morgan fingerprint density at radius 1 is 1.17 bits per heavy atom. The van der Waals surface area contributed by atoms with Crippen LogP contribution in [0.5, 0.6) is 0 Å². The minimum atomic E-state index is -0.403. The highest BCUT2D eigenvalue weighted by Gasteiger charge is 2.21. The van der Waals surface area contributed by atoms with Crippen molar-refractivity contribution in [3.05, 3.63) is 53.6 Å². The van der Waals surface area contributed by atoms with Gasteiger partial charge >= 0.3 is 5.97 Å². The minimum absolute atomic E-state index is 0.305. The van der Waals surface area contributed by atoms with Crippen LogP contribution in [-0.4, -0.2) is 32.5 Å². The van der Waals surface area contributed by atoms with Gasteiger partial charge in [-0.2, -0.15) is 0 Å². The maximum Gasteiger partial charge on any atom is 0.350 e.